The lowest BCUT2D eigenvalue weighted by molar-refractivity contribution is 0.532. The van der Waals surface area contributed by atoms with Crippen molar-refractivity contribution in [3.8, 4) is 0 Å². The maximum atomic E-state index is 3.50. The highest BCUT2D eigenvalue weighted by Gasteiger charge is 2.09. The average molecular weight is 219 g/mol. The Morgan fingerprint density at radius 1 is 1.36 bits per heavy atom. The van der Waals surface area contributed by atoms with Crippen molar-refractivity contribution in [3.05, 3.63) is 11.6 Å². The summed E-state index contributed by atoms with van der Waals surface area (Å²) in [6, 6.07) is 0. The highest BCUT2D eigenvalue weighted by atomic mass is 79.9. The van der Waals surface area contributed by atoms with Gasteiger partial charge in [-0.25, -0.2) is 0 Å². The predicted octanol–water partition coefficient (Wildman–Crippen LogP) is 4.01. The molecule has 0 fully saturated rings. The van der Waals surface area contributed by atoms with Gasteiger partial charge in [-0.2, -0.15) is 0 Å². The van der Waals surface area contributed by atoms with Crippen LogP contribution in [0.25, 0.3) is 0 Å². The minimum Gasteiger partial charge on any atom is -0.0880 e. The average Bonchev–Trinajstić information content (AvgIpc) is 1.80. The van der Waals surface area contributed by atoms with Crippen molar-refractivity contribution in [1.82, 2.24) is 0 Å². The van der Waals surface area contributed by atoms with Gasteiger partial charge in [-0.05, 0) is 11.3 Å². The van der Waals surface area contributed by atoms with E-state index < -0.39 is 0 Å². The van der Waals surface area contributed by atoms with E-state index in [9.17, 15) is 0 Å². The molecule has 0 aromatic rings. The molecule has 1 heteroatoms. The van der Waals surface area contributed by atoms with Crippen molar-refractivity contribution >= 4 is 15.9 Å². The summed E-state index contributed by atoms with van der Waals surface area (Å²) in [5.41, 5.74) is 1.81. The number of hydrogen-bond acceptors (Lipinski definition) is 0. The van der Waals surface area contributed by atoms with Gasteiger partial charge in [-0.1, -0.05) is 62.2 Å². The standard InChI is InChI=1S/C10H19Br/c1-8(2)9(7-11)6-10(3,4)5/h6,8H,7H2,1-5H3. The van der Waals surface area contributed by atoms with E-state index in [2.05, 4.69) is 56.6 Å². The van der Waals surface area contributed by atoms with Crippen molar-refractivity contribution in [2.45, 2.75) is 34.6 Å². The molecule has 0 bridgehead atoms. The lowest BCUT2D eigenvalue weighted by Crippen LogP contribution is -2.05. The van der Waals surface area contributed by atoms with E-state index in [1.54, 1.807) is 0 Å². The maximum absolute atomic E-state index is 3.50. The Balaban J connectivity index is 4.36. The largest absolute Gasteiger partial charge is 0.0880 e. The molecule has 11 heavy (non-hydrogen) atoms. The quantitative estimate of drug-likeness (QED) is 0.486. The van der Waals surface area contributed by atoms with E-state index in [-0.39, 0.29) is 0 Å². The van der Waals surface area contributed by atoms with E-state index >= 15 is 0 Å². The Morgan fingerprint density at radius 3 is 1.91 bits per heavy atom. The lowest BCUT2D eigenvalue weighted by atomic mass is 9.90. The molecule has 0 aliphatic rings. The highest BCUT2D eigenvalue weighted by molar-refractivity contribution is 9.09. The first-order valence-corrected chi connectivity index (χ1v) is 5.26. The van der Waals surface area contributed by atoms with Crippen LogP contribution in [0.3, 0.4) is 0 Å². The topological polar surface area (TPSA) is 0 Å². The molecule has 0 heterocycles. The van der Waals surface area contributed by atoms with Crippen LogP contribution in [0.4, 0.5) is 0 Å². The number of alkyl halides is 1. The van der Waals surface area contributed by atoms with Crippen LogP contribution < -0.4 is 0 Å². The summed E-state index contributed by atoms with van der Waals surface area (Å²) in [6.45, 7) is 11.2. The third-order valence-electron chi connectivity index (χ3n) is 1.51. The zero-order valence-electron chi connectivity index (χ0n) is 8.24. The molecule has 0 amide bonds. The zero-order chi connectivity index (χ0) is 9.07. The maximum Gasteiger partial charge on any atom is 0.0244 e. The van der Waals surface area contributed by atoms with Gasteiger partial charge in [0.15, 0.2) is 0 Å². The summed E-state index contributed by atoms with van der Waals surface area (Å²) >= 11 is 3.50. The minimum absolute atomic E-state index is 0.313. The predicted molar refractivity (Wildman–Crippen MR) is 56.2 cm³/mol. The Morgan fingerprint density at radius 2 is 1.82 bits per heavy atom. The number of rotatable bonds is 2. The fourth-order valence-corrected chi connectivity index (χ4v) is 1.73. The van der Waals surface area contributed by atoms with Gasteiger partial charge in [0.25, 0.3) is 0 Å². The molecule has 0 radical (unpaired) electrons. The molecular formula is C10H19Br. The van der Waals surface area contributed by atoms with Crippen LogP contribution in [0.2, 0.25) is 0 Å². The highest BCUT2D eigenvalue weighted by Crippen LogP contribution is 2.22. The van der Waals surface area contributed by atoms with Crippen LogP contribution in [0.5, 0.6) is 0 Å². The van der Waals surface area contributed by atoms with Crippen LogP contribution in [-0.2, 0) is 0 Å². The minimum atomic E-state index is 0.313. The van der Waals surface area contributed by atoms with E-state index in [1.165, 1.54) is 5.57 Å². The molecule has 0 aliphatic carbocycles. The second kappa shape index (κ2) is 4.30. The Labute approximate surface area is 79.2 Å². The molecule has 0 aliphatic heterocycles. The SMILES string of the molecule is CC(C)C(=CC(C)(C)C)CBr. The molecule has 0 saturated heterocycles. The van der Waals surface area contributed by atoms with E-state index in [4.69, 9.17) is 0 Å². The van der Waals surface area contributed by atoms with Crippen LogP contribution >= 0.6 is 15.9 Å². The molecule has 0 saturated carbocycles. The van der Waals surface area contributed by atoms with Crippen LogP contribution in [0.1, 0.15) is 34.6 Å². The Bertz CT molecular complexity index is 137. The molecule has 0 N–H and O–H groups in total. The fourth-order valence-electron chi connectivity index (χ4n) is 0.916. The van der Waals surface area contributed by atoms with E-state index in [0.29, 0.717) is 11.3 Å². The van der Waals surface area contributed by atoms with Crippen molar-refractivity contribution in [2.24, 2.45) is 11.3 Å². The first-order valence-electron chi connectivity index (χ1n) is 4.14. The third kappa shape index (κ3) is 5.49. The molecule has 0 aromatic heterocycles. The molecule has 0 rings (SSSR count). The summed E-state index contributed by atoms with van der Waals surface area (Å²) in [5, 5.41) is 1.00. The molecule has 0 atom stereocenters. The lowest BCUT2D eigenvalue weighted by Gasteiger charge is -2.17. The third-order valence-corrected chi connectivity index (χ3v) is 2.16. The summed E-state index contributed by atoms with van der Waals surface area (Å²) in [6.07, 6.45) is 2.35. The van der Waals surface area contributed by atoms with Gasteiger partial charge < -0.3 is 0 Å². The molecule has 0 nitrogen and oxygen atoms in total. The number of halogens is 1. The monoisotopic (exact) mass is 218 g/mol. The van der Waals surface area contributed by atoms with Gasteiger partial charge in [0.1, 0.15) is 0 Å². The second-order valence-electron chi connectivity index (χ2n) is 4.37. The number of allylic oxidation sites excluding steroid dienone is 2. The summed E-state index contributed by atoms with van der Waals surface area (Å²) in [7, 11) is 0. The van der Waals surface area contributed by atoms with Crippen molar-refractivity contribution < 1.29 is 0 Å². The van der Waals surface area contributed by atoms with Crippen molar-refractivity contribution in [3.63, 3.8) is 0 Å². The summed E-state index contributed by atoms with van der Waals surface area (Å²) < 4.78 is 0. The van der Waals surface area contributed by atoms with E-state index in [1.807, 2.05) is 0 Å². The van der Waals surface area contributed by atoms with Gasteiger partial charge in [-0.15, -0.1) is 0 Å². The van der Waals surface area contributed by atoms with Crippen LogP contribution in [-0.4, -0.2) is 5.33 Å². The van der Waals surface area contributed by atoms with Gasteiger partial charge in [0, 0.05) is 5.33 Å². The summed E-state index contributed by atoms with van der Waals surface area (Å²) in [5.74, 6) is 0.661. The zero-order valence-corrected chi connectivity index (χ0v) is 9.83. The molecular weight excluding hydrogens is 200 g/mol. The van der Waals surface area contributed by atoms with Crippen molar-refractivity contribution in [1.29, 1.82) is 0 Å². The first-order chi connectivity index (χ1) is 4.87. The van der Waals surface area contributed by atoms with E-state index in [0.717, 1.165) is 5.33 Å². The number of hydrogen-bond donors (Lipinski definition) is 0. The van der Waals surface area contributed by atoms with Gasteiger partial charge >= 0.3 is 0 Å². The molecule has 66 valence electrons. The van der Waals surface area contributed by atoms with Gasteiger partial charge in [0.05, 0.1) is 0 Å². The van der Waals surface area contributed by atoms with Crippen molar-refractivity contribution in [2.75, 3.05) is 5.33 Å². The first kappa shape index (κ1) is 11.2. The van der Waals surface area contributed by atoms with Gasteiger partial charge in [0.2, 0.25) is 0 Å². The Hall–Kier alpha value is 0.220. The second-order valence-corrected chi connectivity index (χ2v) is 4.93. The molecule has 0 unspecified atom stereocenters. The molecule has 0 spiro atoms. The normalized spacial score (nSPS) is 14.3. The van der Waals surface area contributed by atoms with Crippen LogP contribution in [0.15, 0.2) is 11.6 Å². The fraction of sp³-hybridized carbons (Fsp3) is 0.800. The smallest absolute Gasteiger partial charge is 0.0244 e. The Kier molecular flexibility index (Phi) is 4.38. The summed E-state index contributed by atoms with van der Waals surface area (Å²) in [4.78, 5) is 0. The van der Waals surface area contributed by atoms with Crippen LogP contribution in [0, 0.1) is 11.3 Å². The van der Waals surface area contributed by atoms with Gasteiger partial charge in [-0.3, -0.25) is 0 Å². The molecule has 0 aromatic carbocycles.